The number of amides is 1. The van der Waals surface area contributed by atoms with Crippen LogP contribution in [0.1, 0.15) is 39.5 Å². The predicted molar refractivity (Wildman–Crippen MR) is 119 cm³/mol. The monoisotopic (exact) mass is 409 g/mol. The summed E-state index contributed by atoms with van der Waals surface area (Å²) in [5, 5.41) is 8.97. The molecule has 0 N–H and O–H groups in total. The van der Waals surface area contributed by atoms with Crippen LogP contribution in [0.15, 0.2) is 65.5 Å². The number of rotatable bonds is 2. The van der Waals surface area contributed by atoms with Gasteiger partial charge in [-0.1, -0.05) is 24.3 Å². The van der Waals surface area contributed by atoms with Gasteiger partial charge >= 0.3 is 0 Å². The Morgan fingerprint density at radius 3 is 2.48 bits per heavy atom. The zero-order valence-corrected chi connectivity index (χ0v) is 17.4. The number of carbonyl (C=O) groups is 1. The zero-order valence-electron chi connectivity index (χ0n) is 17.4. The van der Waals surface area contributed by atoms with Gasteiger partial charge in [-0.3, -0.25) is 9.59 Å². The maximum absolute atomic E-state index is 13.4. The number of fused-ring (bicyclic) bond motifs is 4. The van der Waals surface area contributed by atoms with E-state index in [9.17, 15) is 9.59 Å². The van der Waals surface area contributed by atoms with Gasteiger partial charge in [-0.15, -0.1) is 0 Å². The molecule has 3 aromatic rings. The lowest BCUT2D eigenvalue weighted by atomic mass is 9.82. The quantitative estimate of drug-likeness (QED) is 0.644. The van der Waals surface area contributed by atoms with E-state index in [4.69, 9.17) is 5.26 Å². The minimum absolute atomic E-state index is 0.00785. The summed E-state index contributed by atoms with van der Waals surface area (Å²) in [5.74, 6) is 0.415. The summed E-state index contributed by atoms with van der Waals surface area (Å²) in [6, 6.07) is 20.9. The number of carbonyl (C=O) groups excluding carboxylic acids is 1. The van der Waals surface area contributed by atoms with Crippen molar-refractivity contribution < 1.29 is 4.79 Å². The summed E-state index contributed by atoms with van der Waals surface area (Å²) in [7, 11) is 0. The Morgan fingerprint density at radius 2 is 1.74 bits per heavy atom. The van der Waals surface area contributed by atoms with Crippen LogP contribution < -0.4 is 5.56 Å². The highest BCUT2D eigenvalue weighted by molar-refractivity contribution is 5.94. The number of benzene rings is 2. The molecule has 0 unspecified atom stereocenters. The van der Waals surface area contributed by atoms with Gasteiger partial charge in [-0.25, -0.2) is 0 Å². The van der Waals surface area contributed by atoms with Crippen molar-refractivity contribution >= 4 is 5.91 Å². The van der Waals surface area contributed by atoms with Gasteiger partial charge in [-0.2, -0.15) is 5.26 Å². The maximum atomic E-state index is 13.4. The van der Waals surface area contributed by atoms with E-state index >= 15 is 0 Å². The second-order valence-electron chi connectivity index (χ2n) is 8.60. The molecule has 2 aliphatic heterocycles. The summed E-state index contributed by atoms with van der Waals surface area (Å²) in [4.78, 5) is 28.3. The van der Waals surface area contributed by atoms with Crippen LogP contribution in [-0.2, 0) is 6.54 Å². The summed E-state index contributed by atoms with van der Waals surface area (Å²) < 4.78 is 1.93. The summed E-state index contributed by atoms with van der Waals surface area (Å²) >= 11 is 0. The summed E-state index contributed by atoms with van der Waals surface area (Å²) in [6.07, 6.45) is 1.00. The van der Waals surface area contributed by atoms with Crippen LogP contribution in [0.2, 0.25) is 0 Å². The number of piperidine rings is 1. The van der Waals surface area contributed by atoms with Gasteiger partial charge < -0.3 is 9.47 Å². The lowest BCUT2D eigenvalue weighted by Gasteiger charge is -2.43. The molecule has 3 heterocycles. The van der Waals surface area contributed by atoms with Gasteiger partial charge in [0.05, 0.1) is 11.6 Å². The fourth-order valence-electron chi connectivity index (χ4n) is 5.06. The molecular formula is C26H23N3O2. The highest BCUT2D eigenvalue weighted by Crippen LogP contribution is 2.36. The van der Waals surface area contributed by atoms with Crippen LogP contribution in [0.5, 0.6) is 0 Å². The molecule has 154 valence electrons. The van der Waals surface area contributed by atoms with Crippen LogP contribution in [-0.4, -0.2) is 28.5 Å². The van der Waals surface area contributed by atoms with Crippen molar-refractivity contribution in [1.82, 2.24) is 9.47 Å². The van der Waals surface area contributed by atoms with Crippen LogP contribution in [0, 0.1) is 24.2 Å². The van der Waals surface area contributed by atoms with E-state index in [1.165, 1.54) is 0 Å². The van der Waals surface area contributed by atoms with Crippen molar-refractivity contribution in [3.05, 3.63) is 93.4 Å². The van der Waals surface area contributed by atoms with Gasteiger partial charge in [0.1, 0.15) is 0 Å². The Bertz CT molecular complexity index is 1270. The second kappa shape index (κ2) is 7.55. The molecule has 5 nitrogen and oxygen atoms in total. The fourth-order valence-corrected chi connectivity index (χ4v) is 5.06. The number of nitrogens with zero attached hydrogens (tertiary/aromatic N) is 3. The molecule has 0 aliphatic carbocycles. The standard InChI is InChI=1S/C26H23N3O2/c1-17-4-2-3-5-22(17)23-10-11-24-21-12-19(15-29(24)26(23)31)14-28(16-21)25(30)20-8-6-18(13-27)7-9-20/h2-11,19,21H,12,14-16H2,1H3/t19-,21-/m1/s1. The largest absolute Gasteiger partial charge is 0.338 e. The van der Waals surface area contributed by atoms with Crippen molar-refractivity contribution in [2.75, 3.05) is 13.1 Å². The first-order valence-corrected chi connectivity index (χ1v) is 10.6. The van der Waals surface area contributed by atoms with Gasteiger partial charge in [-0.05, 0) is 66.8 Å². The molecule has 2 bridgehead atoms. The second-order valence-corrected chi connectivity index (χ2v) is 8.60. The van der Waals surface area contributed by atoms with Crippen molar-refractivity contribution in [1.29, 1.82) is 5.26 Å². The van der Waals surface area contributed by atoms with E-state index in [1.807, 2.05) is 46.7 Å². The summed E-state index contributed by atoms with van der Waals surface area (Å²) in [6.45, 7) is 3.93. The zero-order chi connectivity index (χ0) is 21.5. The lowest BCUT2D eigenvalue weighted by Crippen LogP contribution is -2.49. The topological polar surface area (TPSA) is 66.1 Å². The SMILES string of the molecule is Cc1ccccc1-c1ccc2n(c1=O)C[C@@H]1C[C@@H]2CN(C(=O)c2ccc(C#N)cc2)C1. The number of likely N-dealkylation sites (tertiary alicyclic amines) is 1. The molecule has 1 saturated heterocycles. The first-order chi connectivity index (χ1) is 15.0. The third-order valence-corrected chi connectivity index (χ3v) is 6.59. The Balaban J connectivity index is 1.45. The van der Waals surface area contributed by atoms with E-state index in [-0.39, 0.29) is 23.3 Å². The van der Waals surface area contributed by atoms with E-state index in [2.05, 4.69) is 12.1 Å². The van der Waals surface area contributed by atoms with E-state index in [1.54, 1.807) is 24.3 Å². The average Bonchev–Trinajstić information content (AvgIpc) is 2.80. The molecule has 31 heavy (non-hydrogen) atoms. The predicted octanol–water partition coefficient (Wildman–Crippen LogP) is 3.95. The molecule has 0 spiro atoms. The molecule has 1 aromatic heterocycles. The first kappa shape index (κ1) is 19.3. The smallest absolute Gasteiger partial charge is 0.258 e. The van der Waals surface area contributed by atoms with Gasteiger partial charge in [0, 0.05) is 42.4 Å². The number of aryl methyl sites for hydroxylation is 1. The lowest BCUT2D eigenvalue weighted by molar-refractivity contribution is 0.0594. The molecule has 0 saturated carbocycles. The molecule has 2 atom stereocenters. The Hall–Kier alpha value is -3.65. The van der Waals surface area contributed by atoms with Gasteiger partial charge in [0.25, 0.3) is 11.5 Å². The number of pyridine rings is 1. The van der Waals surface area contributed by atoms with E-state index < -0.39 is 0 Å². The maximum Gasteiger partial charge on any atom is 0.258 e. The van der Waals surface area contributed by atoms with Crippen molar-refractivity contribution in [3.63, 3.8) is 0 Å². The minimum atomic E-state index is -0.00785. The molecule has 1 amide bonds. The number of nitriles is 1. The molecule has 0 radical (unpaired) electrons. The molecule has 5 heteroatoms. The van der Waals surface area contributed by atoms with Crippen LogP contribution in [0.4, 0.5) is 0 Å². The van der Waals surface area contributed by atoms with Crippen LogP contribution in [0.25, 0.3) is 11.1 Å². The molecule has 2 aliphatic rings. The van der Waals surface area contributed by atoms with E-state index in [0.29, 0.717) is 30.8 Å². The third kappa shape index (κ3) is 3.34. The first-order valence-electron chi connectivity index (χ1n) is 10.6. The number of hydrogen-bond acceptors (Lipinski definition) is 3. The van der Waals surface area contributed by atoms with Crippen LogP contribution in [0.3, 0.4) is 0 Å². The van der Waals surface area contributed by atoms with Gasteiger partial charge in [0.2, 0.25) is 0 Å². The average molecular weight is 409 g/mol. The van der Waals surface area contributed by atoms with Crippen LogP contribution >= 0.6 is 0 Å². The highest BCUT2D eigenvalue weighted by atomic mass is 16.2. The Labute approximate surface area is 181 Å². The van der Waals surface area contributed by atoms with Crippen molar-refractivity contribution in [3.8, 4) is 17.2 Å². The highest BCUT2D eigenvalue weighted by Gasteiger charge is 2.37. The van der Waals surface area contributed by atoms with E-state index in [0.717, 1.165) is 28.8 Å². The van der Waals surface area contributed by atoms with Crippen molar-refractivity contribution in [2.45, 2.75) is 25.8 Å². The molecule has 1 fully saturated rings. The van der Waals surface area contributed by atoms with Gasteiger partial charge in [0.15, 0.2) is 0 Å². The molecule has 5 rings (SSSR count). The minimum Gasteiger partial charge on any atom is -0.338 e. The molecule has 2 aromatic carbocycles. The normalized spacial score (nSPS) is 19.4. The Kier molecular flexibility index (Phi) is 4.71. The number of hydrogen-bond donors (Lipinski definition) is 0. The summed E-state index contributed by atoms with van der Waals surface area (Å²) in [5.41, 5.74) is 5.05. The number of aromatic nitrogens is 1. The fraction of sp³-hybridized carbons (Fsp3) is 0.269. The molecular weight excluding hydrogens is 386 g/mol. The van der Waals surface area contributed by atoms with Crippen molar-refractivity contribution in [2.24, 2.45) is 5.92 Å². The Morgan fingerprint density at radius 1 is 0.968 bits per heavy atom. The third-order valence-electron chi connectivity index (χ3n) is 6.59.